The second-order valence-corrected chi connectivity index (χ2v) is 8.28. The van der Waals surface area contributed by atoms with Crippen LogP contribution in [0.15, 0.2) is 12.1 Å². The third kappa shape index (κ3) is 3.33. The quantitative estimate of drug-likeness (QED) is 0.692. The predicted molar refractivity (Wildman–Crippen MR) is 96.5 cm³/mol. The van der Waals surface area contributed by atoms with E-state index in [0.717, 1.165) is 18.9 Å². The molecule has 1 aromatic heterocycles. The molecule has 2 aliphatic heterocycles. The van der Waals surface area contributed by atoms with E-state index >= 15 is 0 Å². The molecule has 0 saturated carbocycles. The largest absolute Gasteiger partial charge is 0.444 e. The Balaban J connectivity index is 1.66. The molecule has 9 heteroatoms. The van der Waals surface area contributed by atoms with Crippen LogP contribution in [0.1, 0.15) is 33.6 Å². The number of hydrogen-bond donors (Lipinski definition) is 0. The summed E-state index contributed by atoms with van der Waals surface area (Å²) in [5.41, 5.74) is -0.861. The van der Waals surface area contributed by atoms with Crippen molar-refractivity contribution in [3.05, 3.63) is 29.8 Å². The Bertz CT molecular complexity index is 933. The van der Waals surface area contributed by atoms with Crippen LogP contribution < -0.4 is 4.90 Å². The number of carbonyl (C=O) groups excluding carboxylic acids is 1. The molecule has 3 heterocycles. The molecule has 0 aliphatic carbocycles. The molecule has 2 aliphatic rings. The zero-order valence-electron chi connectivity index (χ0n) is 15.9. The topological polar surface area (TPSA) is 58.6 Å². The zero-order valence-corrected chi connectivity index (χ0v) is 15.9. The van der Waals surface area contributed by atoms with E-state index in [1.807, 2.05) is 20.8 Å². The first-order chi connectivity index (χ1) is 13.1. The lowest BCUT2D eigenvalue weighted by molar-refractivity contribution is 0.0123. The van der Waals surface area contributed by atoms with E-state index in [-0.39, 0.29) is 34.9 Å². The summed E-state index contributed by atoms with van der Waals surface area (Å²) < 4.78 is 47.3. The molecule has 1 amide bonds. The van der Waals surface area contributed by atoms with Crippen molar-refractivity contribution in [3.63, 3.8) is 0 Å². The standard InChI is InChI=1S/C19H21F3N4O2/c1-19(2,3)28-18(27)26-11-4-5-12(26)9-25(8-11)16-13-6-10(20)7-14(21)15(13)23-17(22)24-16/h6-7,11-12H,4-5,8-9H2,1-3H3/t11-,12+. The summed E-state index contributed by atoms with van der Waals surface area (Å²) in [6.07, 6.45) is 0.0916. The molecule has 28 heavy (non-hydrogen) atoms. The molecule has 4 rings (SSSR count). The number of piperazine rings is 1. The number of benzene rings is 1. The fourth-order valence-electron chi connectivity index (χ4n) is 4.04. The van der Waals surface area contributed by atoms with E-state index in [0.29, 0.717) is 19.2 Å². The van der Waals surface area contributed by atoms with Gasteiger partial charge in [-0.25, -0.2) is 13.6 Å². The summed E-state index contributed by atoms with van der Waals surface area (Å²) >= 11 is 0. The normalized spacial score (nSPS) is 22.1. The van der Waals surface area contributed by atoms with Crippen molar-refractivity contribution in [3.8, 4) is 0 Å². The Hall–Kier alpha value is -2.58. The van der Waals surface area contributed by atoms with E-state index in [2.05, 4.69) is 9.97 Å². The van der Waals surface area contributed by atoms with Gasteiger partial charge in [-0.2, -0.15) is 14.4 Å². The maximum atomic E-state index is 14.1. The third-order valence-electron chi connectivity index (χ3n) is 5.06. The highest BCUT2D eigenvalue weighted by Gasteiger charge is 2.45. The van der Waals surface area contributed by atoms with Crippen LogP contribution >= 0.6 is 0 Å². The summed E-state index contributed by atoms with van der Waals surface area (Å²) in [5.74, 6) is -1.58. The number of carbonyl (C=O) groups is 1. The fraction of sp³-hybridized carbons (Fsp3) is 0.526. The highest BCUT2D eigenvalue weighted by molar-refractivity contribution is 5.90. The molecule has 0 radical (unpaired) electrons. The number of halogens is 3. The van der Waals surface area contributed by atoms with Crippen LogP contribution in [-0.2, 0) is 4.74 Å². The van der Waals surface area contributed by atoms with Gasteiger partial charge in [0.15, 0.2) is 5.82 Å². The number of nitrogens with zero attached hydrogens (tertiary/aromatic N) is 4. The Morgan fingerprint density at radius 1 is 1.11 bits per heavy atom. The van der Waals surface area contributed by atoms with Crippen molar-refractivity contribution in [1.82, 2.24) is 14.9 Å². The number of ether oxygens (including phenoxy) is 1. The van der Waals surface area contributed by atoms with Crippen LogP contribution in [0.2, 0.25) is 0 Å². The number of amides is 1. The molecule has 0 N–H and O–H groups in total. The Morgan fingerprint density at radius 2 is 1.75 bits per heavy atom. The minimum atomic E-state index is -1.07. The molecular formula is C19H21F3N4O2. The molecule has 2 aromatic rings. The number of fused-ring (bicyclic) bond motifs is 3. The Kier molecular flexibility index (Phi) is 4.35. The van der Waals surface area contributed by atoms with Crippen LogP contribution in [0.25, 0.3) is 10.9 Å². The van der Waals surface area contributed by atoms with E-state index in [9.17, 15) is 18.0 Å². The lowest BCUT2D eigenvalue weighted by Crippen LogP contribution is -2.57. The lowest BCUT2D eigenvalue weighted by Gasteiger charge is -2.42. The van der Waals surface area contributed by atoms with Crippen molar-refractivity contribution in [2.45, 2.75) is 51.3 Å². The molecule has 2 atom stereocenters. The average molecular weight is 394 g/mol. The Morgan fingerprint density at radius 3 is 2.36 bits per heavy atom. The van der Waals surface area contributed by atoms with Gasteiger partial charge in [0.05, 0.1) is 12.1 Å². The predicted octanol–water partition coefficient (Wildman–Crippen LogP) is 3.64. The smallest absolute Gasteiger partial charge is 0.410 e. The number of rotatable bonds is 1. The zero-order chi connectivity index (χ0) is 20.2. The minimum absolute atomic E-state index is 0.115. The first kappa shape index (κ1) is 18.8. The molecule has 1 aromatic carbocycles. The fourth-order valence-corrected chi connectivity index (χ4v) is 4.04. The highest BCUT2D eigenvalue weighted by Crippen LogP contribution is 2.36. The van der Waals surface area contributed by atoms with Crippen molar-refractivity contribution >= 4 is 22.8 Å². The third-order valence-corrected chi connectivity index (χ3v) is 5.06. The van der Waals surface area contributed by atoms with Crippen LogP contribution in [0.4, 0.5) is 23.8 Å². The van der Waals surface area contributed by atoms with Gasteiger partial charge in [-0.3, -0.25) is 4.90 Å². The Labute approximate surface area is 160 Å². The van der Waals surface area contributed by atoms with Gasteiger partial charge in [0.25, 0.3) is 0 Å². The maximum absolute atomic E-state index is 14.1. The summed E-state index contributed by atoms with van der Waals surface area (Å²) in [5, 5.41) is 0.115. The average Bonchev–Trinajstić information content (AvgIpc) is 2.84. The summed E-state index contributed by atoms with van der Waals surface area (Å²) in [6.45, 7) is 6.17. The van der Waals surface area contributed by atoms with E-state index in [4.69, 9.17) is 4.74 Å². The maximum Gasteiger partial charge on any atom is 0.410 e. The molecule has 0 spiro atoms. The van der Waals surface area contributed by atoms with Crippen molar-refractivity contribution in [2.75, 3.05) is 18.0 Å². The summed E-state index contributed by atoms with van der Waals surface area (Å²) in [4.78, 5) is 23.4. The van der Waals surface area contributed by atoms with Gasteiger partial charge < -0.3 is 9.64 Å². The molecule has 2 saturated heterocycles. The monoisotopic (exact) mass is 394 g/mol. The van der Waals surface area contributed by atoms with Gasteiger partial charge in [0, 0.05) is 24.5 Å². The van der Waals surface area contributed by atoms with Crippen LogP contribution in [0, 0.1) is 17.7 Å². The van der Waals surface area contributed by atoms with Crippen LogP contribution in [0.5, 0.6) is 0 Å². The van der Waals surface area contributed by atoms with Crippen molar-refractivity contribution in [1.29, 1.82) is 0 Å². The van der Waals surface area contributed by atoms with Gasteiger partial charge in [-0.15, -0.1) is 0 Å². The van der Waals surface area contributed by atoms with Gasteiger partial charge in [0.2, 0.25) is 0 Å². The summed E-state index contributed by atoms with van der Waals surface area (Å²) in [7, 11) is 0. The van der Waals surface area contributed by atoms with Crippen molar-refractivity contribution < 1.29 is 22.7 Å². The lowest BCUT2D eigenvalue weighted by atomic mass is 10.1. The first-order valence-electron chi connectivity index (χ1n) is 9.21. The molecule has 2 bridgehead atoms. The van der Waals surface area contributed by atoms with Gasteiger partial charge in [0.1, 0.15) is 22.8 Å². The molecule has 6 nitrogen and oxygen atoms in total. The van der Waals surface area contributed by atoms with Crippen molar-refractivity contribution in [2.24, 2.45) is 0 Å². The molecule has 150 valence electrons. The SMILES string of the molecule is CC(C)(C)OC(=O)N1[C@@H]2CC[C@H]1CN(c1nc(F)nc3c(F)cc(F)cc13)C2. The van der Waals surface area contributed by atoms with Gasteiger partial charge in [-0.1, -0.05) is 0 Å². The van der Waals surface area contributed by atoms with E-state index < -0.39 is 23.3 Å². The number of anilines is 1. The van der Waals surface area contributed by atoms with Gasteiger partial charge >= 0.3 is 12.2 Å². The second kappa shape index (κ2) is 6.49. The number of aromatic nitrogens is 2. The molecule has 2 fully saturated rings. The van der Waals surface area contributed by atoms with Crippen LogP contribution in [0.3, 0.4) is 0 Å². The number of hydrogen-bond acceptors (Lipinski definition) is 5. The highest BCUT2D eigenvalue weighted by atomic mass is 19.1. The van der Waals surface area contributed by atoms with E-state index in [1.165, 1.54) is 0 Å². The molecular weight excluding hydrogens is 373 g/mol. The van der Waals surface area contributed by atoms with E-state index in [1.54, 1.807) is 9.80 Å². The molecule has 0 unspecified atom stereocenters. The first-order valence-corrected chi connectivity index (χ1v) is 9.21. The van der Waals surface area contributed by atoms with Crippen LogP contribution in [-0.4, -0.2) is 51.7 Å². The minimum Gasteiger partial charge on any atom is -0.444 e. The summed E-state index contributed by atoms with van der Waals surface area (Å²) in [6, 6.07) is 1.50. The van der Waals surface area contributed by atoms with Gasteiger partial charge in [-0.05, 0) is 39.7 Å². The second-order valence-electron chi connectivity index (χ2n) is 8.28.